The van der Waals surface area contributed by atoms with E-state index in [0.29, 0.717) is 18.8 Å². The topological polar surface area (TPSA) is 56.5 Å². The van der Waals surface area contributed by atoms with E-state index in [0.717, 1.165) is 31.4 Å². The first-order chi connectivity index (χ1) is 9.69. The van der Waals surface area contributed by atoms with Gasteiger partial charge in [0.1, 0.15) is 0 Å². The van der Waals surface area contributed by atoms with E-state index < -0.39 is 6.61 Å². The number of halogens is 2. The Morgan fingerprint density at radius 1 is 1.25 bits per heavy atom. The highest BCUT2D eigenvalue weighted by Crippen LogP contribution is 2.34. The molecule has 1 aromatic carbocycles. The Morgan fingerprint density at radius 3 is 2.65 bits per heavy atom. The van der Waals surface area contributed by atoms with Crippen LogP contribution in [0.5, 0.6) is 11.5 Å². The van der Waals surface area contributed by atoms with Crippen LogP contribution in [0.1, 0.15) is 25.7 Å². The number of hydrogen-bond acceptors (Lipinski definition) is 4. The van der Waals surface area contributed by atoms with Gasteiger partial charge in [-0.1, -0.05) is 0 Å². The molecule has 0 radical (unpaired) electrons. The number of rotatable bonds is 7. The molecule has 1 aliphatic rings. The van der Waals surface area contributed by atoms with Crippen LogP contribution >= 0.6 is 0 Å². The van der Waals surface area contributed by atoms with Gasteiger partial charge in [-0.3, -0.25) is 0 Å². The van der Waals surface area contributed by atoms with Crippen molar-refractivity contribution >= 4 is 5.69 Å². The first-order valence-electron chi connectivity index (χ1n) is 6.88. The summed E-state index contributed by atoms with van der Waals surface area (Å²) in [5.74, 6) is 0.435. The summed E-state index contributed by atoms with van der Waals surface area (Å²) in [6, 6.07) is 4.86. The van der Waals surface area contributed by atoms with Crippen LogP contribution in [0.2, 0.25) is 0 Å². The van der Waals surface area contributed by atoms with Gasteiger partial charge in [-0.05, 0) is 37.8 Å². The molecule has 1 aromatic rings. The van der Waals surface area contributed by atoms with Gasteiger partial charge in [0.05, 0.1) is 6.10 Å². The van der Waals surface area contributed by atoms with Crippen molar-refractivity contribution in [1.29, 1.82) is 0 Å². The van der Waals surface area contributed by atoms with Crippen LogP contribution in [0, 0.1) is 0 Å². The number of alkyl halides is 2. The minimum Gasteiger partial charge on any atom is -0.486 e. The van der Waals surface area contributed by atoms with Crippen LogP contribution < -0.4 is 20.5 Å². The van der Waals surface area contributed by atoms with E-state index in [4.69, 9.17) is 10.5 Å². The van der Waals surface area contributed by atoms with E-state index in [1.54, 1.807) is 12.1 Å². The van der Waals surface area contributed by atoms with Gasteiger partial charge in [0.2, 0.25) is 0 Å². The van der Waals surface area contributed by atoms with E-state index in [2.05, 4.69) is 10.1 Å². The maximum Gasteiger partial charge on any atom is 0.387 e. The molecule has 0 aromatic heterocycles. The van der Waals surface area contributed by atoms with Crippen LogP contribution in [0.3, 0.4) is 0 Å². The molecule has 6 heteroatoms. The fourth-order valence-corrected chi connectivity index (χ4v) is 2.31. The maximum absolute atomic E-state index is 12.4. The molecule has 112 valence electrons. The average molecular weight is 286 g/mol. The van der Waals surface area contributed by atoms with Gasteiger partial charge >= 0.3 is 6.61 Å². The SMILES string of the molecule is NCCNc1ccc(OC(F)F)c(OC2CCCC2)c1. The maximum atomic E-state index is 12.4. The van der Waals surface area contributed by atoms with Crippen molar-refractivity contribution < 1.29 is 18.3 Å². The van der Waals surface area contributed by atoms with E-state index in [-0.39, 0.29) is 11.9 Å². The smallest absolute Gasteiger partial charge is 0.387 e. The summed E-state index contributed by atoms with van der Waals surface area (Å²) in [6.45, 7) is -1.75. The molecule has 0 aliphatic heterocycles. The van der Waals surface area contributed by atoms with Gasteiger partial charge in [0.15, 0.2) is 11.5 Å². The second kappa shape index (κ2) is 7.28. The minimum atomic E-state index is -2.86. The van der Waals surface area contributed by atoms with Crippen molar-refractivity contribution in [3.05, 3.63) is 18.2 Å². The van der Waals surface area contributed by atoms with Gasteiger partial charge in [-0.2, -0.15) is 8.78 Å². The second-order valence-corrected chi connectivity index (χ2v) is 4.78. The Morgan fingerprint density at radius 2 is 2.00 bits per heavy atom. The molecule has 3 N–H and O–H groups in total. The molecule has 4 nitrogen and oxygen atoms in total. The Kier molecular flexibility index (Phi) is 5.40. The fraction of sp³-hybridized carbons (Fsp3) is 0.571. The van der Waals surface area contributed by atoms with E-state index in [1.165, 1.54) is 6.07 Å². The monoisotopic (exact) mass is 286 g/mol. The number of benzene rings is 1. The molecule has 1 fully saturated rings. The van der Waals surface area contributed by atoms with Gasteiger partial charge in [0, 0.05) is 24.8 Å². The summed E-state index contributed by atoms with van der Waals surface area (Å²) < 4.78 is 35.1. The Labute approximate surface area is 117 Å². The van der Waals surface area contributed by atoms with Crippen molar-refractivity contribution in [3.8, 4) is 11.5 Å². The summed E-state index contributed by atoms with van der Waals surface area (Å²) >= 11 is 0. The van der Waals surface area contributed by atoms with Gasteiger partial charge < -0.3 is 20.5 Å². The molecule has 20 heavy (non-hydrogen) atoms. The lowest BCUT2D eigenvalue weighted by Gasteiger charge is -2.18. The van der Waals surface area contributed by atoms with Crippen LogP contribution in [-0.2, 0) is 0 Å². The molecule has 0 atom stereocenters. The number of nitrogens with one attached hydrogen (secondary N) is 1. The van der Waals surface area contributed by atoms with Crippen LogP contribution in [-0.4, -0.2) is 25.8 Å². The highest BCUT2D eigenvalue weighted by atomic mass is 19.3. The predicted octanol–water partition coefficient (Wildman–Crippen LogP) is 2.98. The van der Waals surface area contributed by atoms with Crippen molar-refractivity contribution in [2.75, 3.05) is 18.4 Å². The normalized spacial score (nSPS) is 15.6. The zero-order valence-corrected chi connectivity index (χ0v) is 11.3. The quantitative estimate of drug-likeness (QED) is 0.809. The van der Waals surface area contributed by atoms with Crippen molar-refractivity contribution in [2.45, 2.75) is 38.4 Å². The molecular weight excluding hydrogens is 266 g/mol. The molecule has 0 spiro atoms. The van der Waals surface area contributed by atoms with Gasteiger partial charge in [0.25, 0.3) is 0 Å². The van der Waals surface area contributed by atoms with Crippen LogP contribution in [0.15, 0.2) is 18.2 Å². The van der Waals surface area contributed by atoms with Crippen molar-refractivity contribution in [3.63, 3.8) is 0 Å². The Hall–Kier alpha value is -1.56. The zero-order chi connectivity index (χ0) is 14.4. The molecule has 2 rings (SSSR count). The van der Waals surface area contributed by atoms with E-state index >= 15 is 0 Å². The minimum absolute atomic E-state index is 0.0743. The number of ether oxygens (including phenoxy) is 2. The summed E-state index contributed by atoms with van der Waals surface area (Å²) in [7, 11) is 0. The lowest BCUT2D eigenvalue weighted by molar-refractivity contribution is -0.0520. The molecule has 0 heterocycles. The molecule has 0 unspecified atom stereocenters. The number of anilines is 1. The molecule has 0 saturated heterocycles. The second-order valence-electron chi connectivity index (χ2n) is 4.78. The summed E-state index contributed by atoms with van der Waals surface area (Å²) in [6.07, 6.45) is 4.21. The highest BCUT2D eigenvalue weighted by Gasteiger charge is 2.20. The largest absolute Gasteiger partial charge is 0.486 e. The average Bonchev–Trinajstić information content (AvgIpc) is 2.91. The van der Waals surface area contributed by atoms with Gasteiger partial charge in [-0.25, -0.2) is 0 Å². The third-order valence-corrected chi connectivity index (χ3v) is 3.23. The highest BCUT2D eigenvalue weighted by molar-refractivity contribution is 5.54. The fourth-order valence-electron chi connectivity index (χ4n) is 2.31. The Bertz CT molecular complexity index is 424. The third kappa shape index (κ3) is 4.23. The molecule has 1 aliphatic carbocycles. The molecule has 0 bridgehead atoms. The van der Waals surface area contributed by atoms with Crippen LogP contribution in [0.25, 0.3) is 0 Å². The summed E-state index contributed by atoms with van der Waals surface area (Å²) in [4.78, 5) is 0. The van der Waals surface area contributed by atoms with E-state index in [1.807, 2.05) is 0 Å². The summed E-state index contributed by atoms with van der Waals surface area (Å²) in [5, 5.41) is 3.09. The lowest BCUT2D eigenvalue weighted by atomic mass is 10.2. The molecule has 1 saturated carbocycles. The number of hydrogen-bond donors (Lipinski definition) is 2. The van der Waals surface area contributed by atoms with E-state index in [9.17, 15) is 8.78 Å². The Balaban J connectivity index is 2.12. The summed E-state index contributed by atoms with van der Waals surface area (Å²) in [5.41, 5.74) is 6.21. The van der Waals surface area contributed by atoms with Gasteiger partial charge in [-0.15, -0.1) is 0 Å². The predicted molar refractivity (Wildman–Crippen MR) is 73.5 cm³/mol. The molecule has 0 amide bonds. The zero-order valence-electron chi connectivity index (χ0n) is 11.3. The van der Waals surface area contributed by atoms with Crippen molar-refractivity contribution in [1.82, 2.24) is 0 Å². The standard InChI is InChI=1S/C14H20F2N2O2/c15-14(16)20-12-6-5-10(18-8-7-17)9-13(12)19-11-3-1-2-4-11/h5-6,9,11,14,18H,1-4,7-8,17H2. The lowest BCUT2D eigenvalue weighted by Crippen LogP contribution is -2.15. The number of nitrogens with two attached hydrogens (primary N) is 1. The first kappa shape index (κ1) is 14.8. The van der Waals surface area contributed by atoms with Crippen molar-refractivity contribution in [2.24, 2.45) is 5.73 Å². The van der Waals surface area contributed by atoms with Crippen LogP contribution in [0.4, 0.5) is 14.5 Å². The molecular formula is C14H20F2N2O2. The third-order valence-electron chi connectivity index (χ3n) is 3.23. The first-order valence-corrected chi connectivity index (χ1v) is 6.88.